The highest BCUT2D eigenvalue weighted by atomic mass is 32.2. The standard InChI is InChI=1S/C15H24N2O3S2/c1-11(2)8-13-4-5-14(21-13)15(18)16-9-12-6-7-17(10-12)22(3,19)20/h4-5,11-12H,6-10H2,1-3H3,(H,16,18). The van der Waals surface area contributed by atoms with E-state index in [4.69, 9.17) is 0 Å². The van der Waals surface area contributed by atoms with Crippen molar-refractivity contribution in [3.63, 3.8) is 0 Å². The van der Waals surface area contributed by atoms with Gasteiger partial charge in [-0.05, 0) is 36.8 Å². The molecule has 0 spiro atoms. The van der Waals surface area contributed by atoms with E-state index in [0.29, 0.717) is 25.6 Å². The number of hydrogen-bond donors (Lipinski definition) is 1. The molecule has 1 fully saturated rings. The van der Waals surface area contributed by atoms with E-state index in [2.05, 4.69) is 19.2 Å². The number of amides is 1. The molecule has 7 heteroatoms. The molecule has 1 unspecified atom stereocenters. The summed E-state index contributed by atoms with van der Waals surface area (Å²) in [4.78, 5) is 14.1. The van der Waals surface area contributed by atoms with Crippen molar-refractivity contribution in [3.05, 3.63) is 21.9 Å². The maximum Gasteiger partial charge on any atom is 0.261 e. The van der Waals surface area contributed by atoms with Crippen LogP contribution in [0.5, 0.6) is 0 Å². The normalized spacial score (nSPS) is 19.7. The molecule has 1 aromatic rings. The minimum Gasteiger partial charge on any atom is -0.351 e. The average Bonchev–Trinajstić information content (AvgIpc) is 3.03. The summed E-state index contributed by atoms with van der Waals surface area (Å²) < 4.78 is 24.4. The Balaban J connectivity index is 1.82. The molecule has 0 radical (unpaired) electrons. The predicted molar refractivity (Wildman–Crippen MR) is 89.7 cm³/mol. The second kappa shape index (κ2) is 7.10. The third-order valence-corrected chi connectivity index (χ3v) is 6.14. The highest BCUT2D eigenvalue weighted by Crippen LogP contribution is 2.21. The molecule has 124 valence electrons. The van der Waals surface area contributed by atoms with Gasteiger partial charge in [0.15, 0.2) is 0 Å². The largest absolute Gasteiger partial charge is 0.351 e. The Kier molecular flexibility index (Phi) is 5.63. The summed E-state index contributed by atoms with van der Waals surface area (Å²) in [5, 5.41) is 2.93. The Hall–Kier alpha value is -0.920. The van der Waals surface area contributed by atoms with E-state index in [1.807, 2.05) is 12.1 Å². The molecule has 1 amide bonds. The number of sulfonamides is 1. The molecule has 0 bridgehead atoms. The molecule has 1 aromatic heterocycles. The van der Waals surface area contributed by atoms with E-state index in [1.54, 1.807) is 0 Å². The minimum absolute atomic E-state index is 0.0576. The van der Waals surface area contributed by atoms with Crippen molar-refractivity contribution in [1.29, 1.82) is 0 Å². The van der Waals surface area contributed by atoms with Gasteiger partial charge in [-0.15, -0.1) is 11.3 Å². The lowest BCUT2D eigenvalue weighted by molar-refractivity contribution is 0.0952. The topological polar surface area (TPSA) is 66.5 Å². The predicted octanol–water partition coefficient (Wildman–Crippen LogP) is 1.96. The lowest BCUT2D eigenvalue weighted by Crippen LogP contribution is -2.32. The van der Waals surface area contributed by atoms with Gasteiger partial charge in [0.05, 0.1) is 11.1 Å². The number of rotatable bonds is 6. The first-order valence-electron chi connectivity index (χ1n) is 7.57. The number of thiophene rings is 1. The van der Waals surface area contributed by atoms with Gasteiger partial charge in [-0.2, -0.15) is 0 Å². The third-order valence-electron chi connectivity index (χ3n) is 3.76. The van der Waals surface area contributed by atoms with Crippen LogP contribution in [-0.4, -0.2) is 44.5 Å². The molecular formula is C15H24N2O3S2. The van der Waals surface area contributed by atoms with Crippen LogP contribution in [0.2, 0.25) is 0 Å². The molecule has 0 aromatic carbocycles. The van der Waals surface area contributed by atoms with E-state index in [1.165, 1.54) is 26.8 Å². The van der Waals surface area contributed by atoms with Gasteiger partial charge in [0, 0.05) is 24.5 Å². The van der Waals surface area contributed by atoms with Gasteiger partial charge >= 0.3 is 0 Å². The Morgan fingerprint density at radius 1 is 1.45 bits per heavy atom. The van der Waals surface area contributed by atoms with Crippen LogP contribution in [0.25, 0.3) is 0 Å². The summed E-state index contributed by atoms with van der Waals surface area (Å²) in [7, 11) is -3.11. The molecule has 2 rings (SSSR count). The highest BCUT2D eigenvalue weighted by Gasteiger charge is 2.28. The summed E-state index contributed by atoms with van der Waals surface area (Å²) in [6, 6.07) is 3.88. The zero-order valence-corrected chi connectivity index (χ0v) is 15.0. The minimum atomic E-state index is -3.11. The molecule has 1 saturated heterocycles. The molecule has 1 N–H and O–H groups in total. The van der Waals surface area contributed by atoms with Crippen LogP contribution in [0.3, 0.4) is 0 Å². The molecule has 5 nitrogen and oxygen atoms in total. The van der Waals surface area contributed by atoms with Crippen LogP contribution in [0.4, 0.5) is 0 Å². The fourth-order valence-corrected chi connectivity index (χ4v) is 4.66. The maximum absolute atomic E-state index is 12.1. The molecule has 2 heterocycles. The summed E-state index contributed by atoms with van der Waals surface area (Å²) in [5.74, 6) is 0.724. The van der Waals surface area contributed by atoms with Crippen LogP contribution < -0.4 is 5.32 Å². The smallest absolute Gasteiger partial charge is 0.261 e. The van der Waals surface area contributed by atoms with E-state index in [9.17, 15) is 13.2 Å². The van der Waals surface area contributed by atoms with E-state index >= 15 is 0 Å². The molecule has 0 saturated carbocycles. The van der Waals surface area contributed by atoms with Crippen LogP contribution in [0, 0.1) is 11.8 Å². The van der Waals surface area contributed by atoms with Crippen molar-refractivity contribution in [1.82, 2.24) is 9.62 Å². The number of hydrogen-bond acceptors (Lipinski definition) is 4. The molecular weight excluding hydrogens is 320 g/mol. The summed E-state index contributed by atoms with van der Waals surface area (Å²) in [6.45, 7) is 5.90. The molecule has 22 heavy (non-hydrogen) atoms. The first-order valence-corrected chi connectivity index (χ1v) is 10.2. The average molecular weight is 345 g/mol. The first kappa shape index (κ1) is 17.4. The van der Waals surface area contributed by atoms with Crippen molar-refractivity contribution in [2.75, 3.05) is 25.9 Å². The number of carbonyl (C=O) groups is 1. The van der Waals surface area contributed by atoms with Crippen LogP contribution in [0.1, 0.15) is 34.8 Å². The maximum atomic E-state index is 12.1. The van der Waals surface area contributed by atoms with Crippen LogP contribution in [0.15, 0.2) is 12.1 Å². The van der Waals surface area contributed by atoms with Crippen molar-refractivity contribution in [3.8, 4) is 0 Å². The third kappa shape index (κ3) is 4.79. The number of carbonyl (C=O) groups excluding carboxylic acids is 1. The zero-order valence-electron chi connectivity index (χ0n) is 13.3. The van der Waals surface area contributed by atoms with Gasteiger partial charge in [-0.25, -0.2) is 12.7 Å². The lowest BCUT2D eigenvalue weighted by atomic mass is 10.1. The van der Waals surface area contributed by atoms with Gasteiger partial charge in [0.1, 0.15) is 0 Å². The fraction of sp³-hybridized carbons (Fsp3) is 0.667. The van der Waals surface area contributed by atoms with E-state index in [-0.39, 0.29) is 11.8 Å². The number of nitrogens with zero attached hydrogens (tertiary/aromatic N) is 1. The summed E-state index contributed by atoms with van der Waals surface area (Å²) in [5.41, 5.74) is 0. The van der Waals surface area contributed by atoms with Gasteiger partial charge in [-0.3, -0.25) is 4.79 Å². The van der Waals surface area contributed by atoms with Crippen molar-refractivity contribution >= 4 is 27.3 Å². The Morgan fingerprint density at radius 2 is 2.18 bits per heavy atom. The van der Waals surface area contributed by atoms with Crippen molar-refractivity contribution in [2.45, 2.75) is 26.7 Å². The highest BCUT2D eigenvalue weighted by molar-refractivity contribution is 7.88. The van der Waals surface area contributed by atoms with E-state index in [0.717, 1.165) is 17.7 Å². The SMILES string of the molecule is CC(C)Cc1ccc(C(=O)NCC2CCN(S(C)(=O)=O)C2)s1. The Labute approximate surface area is 136 Å². The van der Waals surface area contributed by atoms with Gasteiger partial charge < -0.3 is 5.32 Å². The first-order chi connectivity index (χ1) is 10.3. The summed E-state index contributed by atoms with van der Waals surface area (Å²) in [6.07, 6.45) is 3.02. The lowest BCUT2D eigenvalue weighted by Gasteiger charge is -2.13. The zero-order chi connectivity index (χ0) is 16.3. The van der Waals surface area contributed by atoms with Crippen molar-refractivity contribution < 1.29 is 13.2 Å². The second-order valence-electron chi connectivity index (χ2n) is 6.35. The number of nitrogens with one attached hydrogen (secondary N) is 1. The van der Waals surface area contributed by atoms with Gasteiger partial charge in [0.25, 0.3) is 5.91 Å². The monoisotopic (exact) mass is 344 g/mol. The molecule has 1 aliphatic heterocycles. The molecule has 0 aliphatic carbocycles. The van der Waals surface area contributed by atoms with Gasteiger partial charge in [0.2, 0.25) is 10.0 Å². The Morgan fingerprint density at radius 3 is 2.77 bits per heavy atom. The molecule has 1 aliphatic rings. The van der Waals surface area contributed by atoms with Crippen LogP contribution in [-0.2, 0) is 16.4 Å². The Bertz CT molecular complexity index is 622. The van der Waals surface area contributed by atoms with Crippen LogP contribution >= 0.6 is 11.3 Å². The fourth-order valence-electron chi connectivity index (χ4n) is 2.60. The molecule has 1 atom stereocenters. The second-order valence-corrected chi connectivity index (χ2v) is 9.50. The summed E-state index contributed by atoms with van der Waals surface area (Å²) >= 11 is 1.54. The quantitative estimate of drug-likeness (QED) is 0.858. The van der Waals surface area contributed by atoms with E-state index < -0.39 is 10.0 Å². The van der Waals surface area contributed by atoms with Crippen molar-refractivity contribution in [2.24, 2.45) is 11.8 Å². The van der Waals surface area contributed by atoms with Gasteiger partial charge in [-0.1, -0.05) is 13.8 Å².